The predicted molar refractivity (Wildman–Crippen MR) is 83.0 cm³/mol. The van der Waals surface area contributed by atoms with Crippen molar-refractivity contribution < 1.29 is 9.59 Å². The maximum Gasteiger partial charge on any atom is 0.230 e. The number of fused-ring (bicyclic) bond motifs is 2. The van der Waals surface area contributed by atoms with Crippen molar-refractivity contribution in [1.82, 2.24) is 4.98 Å². The van der Waals surface area contributed by atoms with Gasteiger partial charge in [-0.25, -0.2) is 4.98 Å². The zero-order chi connectivity index (χ0) is 15.1. The number of nitrogens with zero attached hydrogens (tertiary/aromatic N) is 3. The molecule has 1 aliphatic carbocycles. The van der Waals surface area contributed by atoms with E-state index in [4.69, 9.17) is 0 Å². The summed E-state index contributed by atoms with van der Waals surface area (Å²) in [4.78, 5) is 28.7. The van der Waals surface area contributed by atoms with E-state index in [2.05, 4.69) is 15.2 Å². The number of hydrogen-bond donors (Lipinski definition) is 0. The van der Waals surface area contributed by atoms with Crippen molar-refractivity contribution in [3.8, 4) is 0 Å². The Kier molecular flexibility index (Phi) is 2.90. The molecule has 1 heterocycles. The quantitative estimate of drug-likeness (QED) is 0.533. The maximum atomic E-state index is 12.2. The second-order valence-electron chi connectivity index (χ2n) is 4.86. The summed E-state index contributed by atoms with van der Waals surface area (Å²) in [6.45, 7) is 0. The van der Waals surface area contributed by atoms with Crippen molar-refractivity contribution in [2.45, 2.75) is 6.04 Å². The minimum atomic E-state index is -1.08. The lowest BCUT2D eigenvalue weighted by molar-refractivity contribution is 0.0891. The number of thiazole rings is 1. The van der Waals surface area contributed by atoms with Gasteiger partial charge in [-0.2, -0.15) is 5.11 Å². The molecular formula is C16H9N3O2S. The van der Waals surface area contributed by atoms with Crippen LogP contribution < -0.4 is 0 Å². The van der Waals surface area contributed by atoms with Gasteiger partial charge < -0.3 is 0 Å². The monoisotopic (exact) mass is 307 g/mol. The molecule has 0 N–H and O–H groups in total. The fourth-order valence-corrected chi connectivity index (χ4v) is 3.23. The summed E-state index contributed by atoms with van der Waals surface area (Å²) in [5.74, 6) is -0.601. The van der Waals surface area contributed by atoms with E-state index in [0.29, 0.717) is 16.3 Å². The zero-order valence-electron chi connectivity index (χ0n) is 11.3. The minimum Gasteiger partial charge on any atom is -0.291 e. The van der Waals surface area contributed by atoms with Crippen LogP contribution in [0, 0.1) is 0 Å². The van der Waals surface area contributed by atoms with Crippen molar-refractivity contribution in [3.05, 3.63) is 59.7 Å². The Hall–Kier alpha value is -2.73. The lowest BCUT2D eigenvalue weighted by atomic mass is 10.1. The van der Waals surface area contributed by atoms with E-state index >= 15 is 0 Å². The number of carbonyl (C=O) groups is 2. The normalized spacial score (nSPS) is 15.1. The Labute approximate surface area is 129 Å². The SMILES string of the molecule is O=C1c2ccccc2C(=O)C1N=Nc1nc2ccccc2s1. The Morgan fingerprint density at radius 3 is 2.23 bits per heavy atom. The summed E-state index contributed by atoms with van der Waals surface area (Å²) >= 11 is 1.37. The third-order valence-corrected chi connectivity index (χ3v) is 4.42. The number of para-hydroxylation sites is 1. The molecular weight excluding hydrogens is 298 g/mol. The van der Waals surface area contributed by atoms with Crippen LogP contribution in [0.3, 0.4) is 0 Å². The van der Waals surface area contributed by atoms with E-state index in [0.717, 1.165) is 10.2 Å². The average Bonchev–Trinajstić information content (AvgIpc) is 3.06. The first kappa shape index (κ1) is 13.0. The van der Waals surface area contributed by atoms with Crippen LogP contribution in [0.2, 0.25) is 0 Å². The van der Waals surface area contributed by atoms with Crippen LogP contribution >= 0.6 is 11.3 Å². The van der Waals surface area contributed by atoms with E-state index in [1.54, 1.807) is 24.3 Å². The highest BCUT2D eigenvalue weighted by Gasteiger charge is 2.38. The molecule has 1 aromatic heterocycles. The van der Waals surface area contributed by atoms with Crippen LogP contribution in [0.1, 0.15) is 20.7 Å². The predicted octanol–water partition coefficient (Wildman–Crippen LogP) is 3.83. The topological polar surface area (TPSA) is 71.8 Å². The molecule has 2 aromatic carbocycles. The fourth-order valence-electron chi connectivity index (χ4n) is 2.44. The Bertz CT molecular complexity index is 877. The van der Waals surface area contributed by atoms with Crippen molar-refractivity contribution in [2.24, 2.45) is 10.2 Å². The summed E-state index contributed by atoms with van der Waals surface area (Å²) in [5.41, 5.74) is 1.66. The molecule has 106 valence electrons. The van der Waals surface area contributed by atoms with Gasteiger partial charge in [0.2, 0.25) is 5.13 Å². The third kappa shape index (κ3) is 1.96. The van der Waals surface area contributed by atoms with Gasteiger partial charge in [0.15, 0.2) is 17.6 Å². The number of rotatable bonds is 2. The van der Waals surface area contributed by atoms with Crippen LogP contribution in [-0.2, 0) is 0 Å². The van der Waals surface area contributed by atoms with Crippen molar-refractivity contribution in [2.75, 3.05) is 0 Å². The molecule has 3 aromatic rings. The molecule has 0 spiro atoms. The highest BCUT2D eigenvalue weighted by atomic mass is 32.1. The van der Waals surface area contributed by atoms with Crippen molar-refractivity contribution in [3.63, 3.8) is 0 Å². The Balaban J connectivity index is 1.66. The van der Waals surface area contributed by atoms with Gasteiger partial charge in [-0.05, 0) is 12.1 Å². The van der Waals surface area contributed by atoms with Gasteiger partial charge in [-0.3, -0.25) is 9.59 Å². The van der Waals surface area contributed by atoms with Gasteiger partial charge in [0.1, 0.15) is 0 Å². The molecule has 4 rings (SSSR count). The summed E-state index contributed by atoms with van der Waals surface area (Å²) in [7, 11) is 0. The van der Waals surface area contributed by atoms with Gasteiger partial charge in [0.25, 0.3) is 0 Å². The second kappa shape index (κ2) is 4.92. The molecule has 0 amide bonds. The molecule has 0 saturated carbocycles. The van der Waals surface area contributed by atoms with Gasteiger partial charge in [0.05, 0.1) is 10.2 Å². The molecule has 0 saturated heterocycles. The number of ketones is 2. The third-order valence-electron chi connectivity index (χ3n) is 3.50. The maximum absolute atomic E-state index is 12.2. The number of benzene rings is 2. The molecule has 5 nitrogen and oxygen atoms in total. The van der Waals surface area contributed by atoms with Crippen LogP contribution in [0.15, 0.2) is 58.8 Å². The lowest BCUT2D eigenvalue weighted by Gasteiger charge is -1.95. The Morgan fingerprint density at radius 2 is 1.55 bits per heavy atom. The van der Waals surface area contributed by atoms with Crippen LogP contribution in [0.25, 0.3) is 10.2 Å². The summed E-state index contributed by atoms with van der Waals surface area (Å²) in [5, 5.41) is 8.38. The first-order valence-corrected chi connectivity index (χ1v) is 7.49. The van der Waals surface area contributed by atoms with E-state index < -0.39 is 6.04 Å². The molecule has 0 aliphatic heterocycles. The largest absolute Gasteiger partial charge is 0.291 e. The van der Waals surface area contributed by atoms with E-state index in [9.17, 15) is 9.59 Å². The molecule has 0 fully saturated rings. The Morgan fingerprint density at radius 1 is 0.909 bits per heavy atom. The smallest absolute Gasteiger partial charge is 0.230 e. The first-order valence-electron chi connectivity index (χ1n) is 6.68. The van der Waals surface area contributed by atoms with Gasteiger partial charge in [-0.1, -0.05) is 47.7 Å². The number of carbonyl (C=O) groups excluding carboxylic acids is 2. The number of hydrogen-bond acceptors (Lipinski definition) is 6. The molecule has 22 heavy (non-hydrogen) atoms. The lowest BCUT2D eigenvalue weighted by Crippen LogP contribution is -2.18. The van der Waals surface area contributed by atoms with Gasteiger partial charge in [0, 0.05) is 11.1 Å². The van der Waals surface area contributed by atoms with E-state index in [-0.39, 0.29) is 11.6 Å². The second-order valence-corrected chi connectivity index (χ2v) is 5.87. The molecule has 0 atom stereocenters. The van der Waals surface area contributed by atoms with Crippen molar-refractivity contribution in [1.29, 1.82) is 0 Å². The van der Waals surface area contributed by atoms with E-state index in [1.165, 1.54) is 11.3 Å². The van der Waals surface area contributed by atoms with Crippen LogP contribution in [0.4, 0.5) is 5.13 Å². The highest BCUT2D eigenvalue weighted by Crippen LogP contribution is 2.29. The molecule has 0 radical (unpaired) electrons. The summed E-state index contributed by atoms with van der Waals surface area (Å²) in [6, 6.07) is 13.3. The summed E-state index contributed by atoms with van der Waals surface area (Å²) in [6.07, 6.45) is 0. The minimum absolute atomic E-state index is 0.300. The molecule has 0 unspecified atom stereocenters. The van der Waals surface area contributed by atoms with Gasteiger partial charge in [-0.15, -0.1) is 5.11 Å². The highest BCUT2D eigenvalue weighted by molar-refractivity contribution is 7.21. The van der Waals surface area contributed by atoms with Gasteiger partial charge >= 0.3 is 0 Å². The molecule has 1 aliphatic rings. The number of Topliss-reactive ketones (excluding diaryl/α,β-unsaturated/α-hetero) is 2. The molecule has 0 bridgehead atoms. The number of aromatic nitrogens is 1. The van der Waals surface area contributed by atoms with Crippen molar-refractivity contribution >= 4 is 38.3 Å². The number of azo groups is 1. The van der Waals surface area contributed by atoms with Crippen LogP contribution in [0.5, 0.6) is 0 Å². The fraction of sp³-hybridized carbons (Fsp3) is 0.0625. The van der Waals surface area contributed by atoms with E-state index in [1.807, 2.05) is 24.3 Å². The first-order chi connectivity index (χ1) is 10.7. The molecule has 6 heteroatoms. The standard InChI is InChI=1S/C16H9N3O2S/c20-14-9-5-1-2-6-10(9)15(21)13(14)18-19-16-17-11-7-3-4-8-12(11)22-16/h1-8,13H. The van der Waals surface area contributed by atoms with Crippen LogP contribution in [-0.4, -0.2) is 22.6 Å². The zero-order valence-corrected chi connectivity index (χ0v) is 12.1. The summed E-state index contributed by atoms with van der Waals surface area (Å²) < 4.78 is 0.990. The average molecular weight is 307 g/mol.